The summed E-state index contributed by atoms with van der Waals surface area (Å²) in [7, 11) is 0. The van der Waals surface area contributed by atoms with Crippen molar-refractivity contribution in [3.05, 3.63) is 47.5 Å². The highest BCUT2D eigenvalue weighted by Crippen LogP contribution is 2.32. The number of benzene rings is 2. The van der Waals surface area contributed by atoms with E-state index < -0.39 is 23.4 Å². The van der Waals surface area contributed by atoms with Gasteiger partial charge >= 0.3 is 0 Å². The molecule has 0 bridgehead atoms. The molecule has 10 nitrogen and oxygen atoms in total. The van der Waals surface area contributed by atoms with Crippen LogP contribution < -0.4 is 22.1 Å². The lowest BCUT2D eigenvalue weighted by Crippen LogP contribution is -2.42. The van der Waals surface area contributed by atoms with E-state index in [9.17, 15) is 30.3 Å². The second kappa shape index (κ2) is 13.0. The number of rotatable bonds is 14. The zero-order valence-electron chi connectivity index (χ0n) is 19.2. The maximum atomic E-state index is 12.3. The van der Waals surface area contributed by atoms with Gasteiger partial charge < -0.3 is 42.3 Å². The number of phenols is 4. The van der Waals surface area contributed by atoms with E-state index in [1.807, 2.05) is 0 Å². The van der Waals surface area contributed by atoms with Gasteiger partial charge in [-0.25, -0.2) is 0 Å². The number of hydrogen-bond acceptors (Lipinski definition) is 9. The Morgan fingerprint density at radius 1 is 0.882 bits per heavy atom. The van der Waals surface area contributed by atoms with Crippen molar-refractivity contribution in [1.29, 1.82) is 0 Å². The molecule has 2 rings (SSSR count). The maximum Gasteiger partial charge on any atom is 0.255 e. The number of nitrogens with one attached hydrogen (secondary N) is 2. The zero-order chi connectivity index (χ0) is 25.1. The van der Waals surface area contributed by atoms with Gasteiger partial charge in [0, 0.05) is 17.6 Å². The van der Waals surface area contributed by atoms with Crippen LogP contribution >= 0.6 is 0 Å². The first kappa shape index (κ1) is 27.2. The van der Waals surface area contributed by atoms with Crippen molar-refractivity contribution in [1.82, 2.24) is 10.6 Å². The first-order chi connectivity index (χ1) is 16.2. The van der Waals surface area contributed by atoms with E-state index in [0.29, 0.717) is 51.7 Å². The summed E-state index contributed by atoms with van der Waals surface area (Å²) in [6.45, 7) is 1.30. The third kappa shape index (κ3) is 7.77. The van der Waals surface area contributed by atoms with Gasteiger partial charge in [-0.05, 0) is 69.8 Å². The van der Waals surface area contributed by atoms with Gasteiger partial charge in [-0.15, -0.1) is 0 Å². The average Bonchev–Trinajstić information content (AvgIpc) is 2.81. The molecule has 0 radical (unpaired) electrons. The van der Waals surface area contributed by atoms with E-state index in [2.05, 4.69) is 10.6 Å². The smallest absolute Gasteiger partial charge is 0.255 e. The molecule has 11 N–H and O–H groups in total. The lowest BCUT2D eigenvalue weighted by atomic mass is 9.85. The fourth-order valence-electron chi connectivity index (χ4n) is 3.84. The van der Waals surface area contributed by atoms with Crippen molar-refractivity contribution in [2.75, 3.05) is 19.6 Å². The lowest BCUT2D eigenvalue weighted by molar-refractivity contribution is 0.0948. The second-order valence-electron chi connectivity index (χ2n) is 8.46. The van der Waals surface area contributed by atoms with Crippen molar-refractivity contribution in [2.45, 2.75) is 50.3 Å². The van der Waals surface area contributed by atoms with Crippen LogP contribution in [0.4, 0.5) is 0 Å². The van der Waals surface area contributed by atoms with Gasteiger partial charge in [0.2, 0.25) is 0 Å². The summed E-state index contributed by atoms with van der Waals surface area (Å²) in [6, 6.07) is 8.60. The molecule has 10 heteroatoms. The summed E-state index contributed by atoms with van der Waals surface area (Å²) in [5.41, 5.74) is 12.0. The average molecular weight is 477 g/mol. The Morgan fingerprint density at radius 3 is 2.15 bits per heavy atom. The number of aliphatic hydroxyl groups excluding tert-OH is 1. The molecule has 0 fully saturated rings. The van der Waals surface area contributed by atoms with E-state index in [0.717, 1.165) is 6.42 Å². The standard InChI is InChI=1S/C24H36N4O6/c25-13-3-10-24(26,11-4-14-27-22(33)16-6-1-8-18(29)20(16)31)12-5-15-28-23(34)17-7-2-9-19(30)21(17)32/h1-2,6-9,22,27,29-33H,3-5,10-15,25-26H2,(H,28,34). The van der Waals surface area contributed by atoms with Crippen molar-refractivity contribution in [3.8, 4) is 23.0 Å². The van der Waals surface area contributed by atoms with Crippen molar-refractivity contribution in [2.24, 2.45) is 11.5 Å². The van der Waals surface area contributed by atoms with Crippen LogP contribution in [0.2, 0.25) is 0 Å². The fraction of sp³-hybridized carbons (Fsp3) is 0.458. The molecule has 2 unspecified atom stereocenters. The number of carbonyl (C=O) groups is 1. The fourth-order valence-corrected chi connectivity index (χ4v) is 3.84. The highest BCUT2D eigenvalue weighted by Gasteiger charge is 2.24. The molecule has 2 aromatic carbocycles. The van der Waals surface area contributed by atoms with Gasteiger partial charge in [0.05, 0.1) is 5.56 Å². The predicted molar refractivity (Wildman–Crippen MR) is 129 cm³/mol. The van der Waals surface area contributed by atoms with Gasteiger partial charge in [-0.1, -0.05) is 18.2 Å². The van der Waals surface area contributed by atoms with Crippen LogP contribution in [-0.2, 0) is 0 Å². The van der Waals surface area contributed by atoms with Gasteiger partial charge in [0.25, 0.3) is 5.91 Å². The Hall–Kier alpha value is -3.05. The molecule has 0 aliphatic rings. The van der Waals surface area contributed by atoms with Gasteiger partial charge in [-0.2, -0.15) is 0 Å². The number of nitrogens with two attached hydrogens (primary N) is 2. The third-order valence-corrected chi connectivity index (χ3v) is 5.80. The van der Waals surface area contributed by atoms with Gasteiger partial charge in [0.1, 0.15) is 6.23 Å². The third-order valence-electron chi connectivity index (χ3n) is 5.80. The summed E-state index contributed by atoms with van der Waals surface area (Å²) in [4.78, 5) is 12.3. The normalized spacial score (nSPS) is 13.9. The second-order valence-corrected chi connectivity index (χ2v) is 8.46. The molecule has 0 heterocycles. The van der Waals surface area contributed by atoms with Crippen molar-refractivity contribution < 1.29 is 30.3 Å². The summed E-state index contributed by atoms with van der Waals surface area (Å²) < 4.78 is 0. The first-order valence-corrected chi connectivity index (χ1v) is 11.4. The van der Waals surface area contributed by atoms with Crippen LogP contribution in [0, 0.1) is 0 Å². The Labute approximate surface area is 199 Å². The number of phenolic OH excluding ortho intramolecular Hbond substituents is 4. The number of aliphatic hydroxyl groups is 1. The zero-order valence-corrected chi connectivity index (χ0v) is 19.2. The van der Waals surface area contributed by atoms with E-state index in [4.69, 9.17) is 11.5 Å². The van der Waals surface area contributed by atoms with E-state index in [1.165, 1.54) is 36.4 Å². The number of para-hydroxylation sites is 2. The minimum absolute atomic E-state index is 0.00421. The molecule has 34 heavy (non-hydrogen) atoms. The molecule has 0 saturated heterocycles. The topological polar surface area (TPSA) is 194 Å². The SMILES string of the molecule is NCCCC(N)(CCCNC(=O)c1cccc(O)c1O)CCCNC(O)c1cccc(O)c1O. The van der Waals surface area contributed by atoms with Crippen molar-refractivity contribution >= 4 is 5.91 Å². The molecule has 0 aromatic heterocycles. The number of amides is 1. The molecule has 0 spiro atoms. The Balaban J connectivity index is 1.80. The highest BCUT2D eigenvalue weighted by molar-refractivity contribution is 5.97. The molecule has 0 aliphatic carbocycles. The maximum absolute atomic E-state index is 12.3. The van der Waals surface area contributed by atoms with Gasteiger partial charge in [-0.3, -0.25) is 10.1 Å². The minimum atomic E-state index is -1.13. The van der Waals surface area contributed by atoms with E-state index in [-0.39, 0.29) is 28.4 Å². The minimum Gasteiger partial charge on any atom is -0.504 e. The Bertz CT molecular complexity index is 942. The van der Waals surface area contributed by atoms with Crippen LogP contribution in [-0.4, -0.2) is 56.6 Å². The van der Waals surface area contributed by atoms with Crippen LogP contribution in [0.1, 0.15) is 60.7 Å². The summed E-state index contributed by atoms with van der Waals surface area (Å²) >= 11 is 0. The number of carbonyl (C=O) groups excluding carboxylic acids is 1. The monoisotopic (exact) mass is 476 g/mol. The van der Waals surface area contributed by atoms with E-state index >= 15 is 0 Å². The first-order valence-electron chi connectivity index (χ1n) is 11.4. The van der Waals surface area contributed by atoms with Crippen molar-refractivity contribution in [3.63, 3.8) is 0 Å². The molecular weight excluding hydrogens is 440 g/mol. The summed E-state index contributed by atoms with van der Waals surface area (Å²) in [5.74, 6) is -1.95. The molecule has 0 aliphatic heterocycles. The predicted octanol–water partition coefficient (Wildman–Crippen LogP) is 1.52. The highest BCUT2D eigenvalue weighted by atomic mass is 16.3. The molecule has 1 amide bonds. The summed E-state index contributed by atoms with van der Waals surface area (Å²) in [6.07, 6.45) is 2.89. The Kier molecular flexibility index (Phi) is 10.4. The Morgan fingerprint density at radius 2 is 1.47 bits per heavy atom. The lowest BCUT2D eigenvalue weighted by Gasteiger charge is -2.30. The molecule has 188 valence electrons. The molecule has 2 aromatic rings. The summed E-state index contributed by atoms with van der Waals surface area (Å²) in [5, 5.41) is 54.7. The van der Waals surface area contributed by atoms with Crippen LogP contribution in [0.25, 0.3) is 0 Å². The van der Waals surface area contributed by atoms with Crippen LogP contribution in [0.15, 0.2) is 36.4 Å². The molecule has 2 atom stereocenters. The van der Waals surface area contributed by atoms with Crippen LogP contribution in [0.5, 0.6) is 23.0 Å². The molecule has 0 saturated carbocycles. The van der Waals surface area contributed by atoms with E-state index in [1.54, 1.807) is 0 Å². The molecular formula is C24H36N4O6. The van der Waals surface area contributed by atoms with Gasteiger partial charge in [0.15, 0.2) is 23.0 Å². The number of aromatic hydroxyl groups is 4. The quantitative estimate of drug-likeness (QED) is 0.110. The largest absolute Gasteiger partial charge is 0.504 e. The van der Waals surface area contributed by atoms with Crippen LogP contribution in [0.3, 0.4) is 0 Å². The number of hydrogen-bond donors (Lipinski definition) is 9.